The lowest BCUT2D eigenvalue weighted by molar-refractivity contribution is -0.143. The summed E-state index contributed by atoms with van der Waals surface area (Å²) in [7, 11) is -2.75. The molecule has 0 spiro atoms. The summed E-state index contributed by atoms with van der Waals surface area (Å²) in [5.41, 5.74) is 0.245. The highest BCUT2D eigenvalue weighted by Crippen LogP contribution is 2.17. The first-order valence-electron chi connectivity index (χ1n) is 5.49. The van der Waals surface area contributed by atoms with Crippen molar-refractivity contribution < 1.29 is 17.9 Å². The molecule has 2 N–H and O–H groups in total. The molecule has 0 saturated carbocycles. The summed E-state index contributed by atoms with van der Waals surface area (Å²) in [6.45, 7) is 4.86. The third-order valence-corrected chi connectivity index (χ3v) is 5.47. The maximum atomic E-state index is 12.1. The molecule has 1 rings (SSSR count). The van der Waals surface area contributed by atoms with Crippen molar-refractivity contribution >= 4 is 27.3 Å². The number of hydrogen-bond acceptors (Lipinski definition) is 6. The summed E-state index contributed by atoms with van der Waals surface area (Å²) in [5.74, 6) is -0.947. The number of nitrogens with one attached hydrogen (secondary N) is 2. The molecule has 1 aromatic rings. The molecule has 1 aromatic heterocycles. The maximum absolute atomic E-state index is 12.1. The zero-order valence-electron chi connectivity index (χ0n) is 11.0. The Balaban J connectivity index is 3.11. The summed E-state index contributed by atoms with van der Waals surface area (Å²) in [6.07, 6.45) is 0. The van der Waals surface area contributed by atoms with E-state index in [-0.39, 0.29) is 15.8 Å². The van der Waals surface area contributed by atoms with Gasteiger partial charge in [0.25, 0.3) is 10.0 Å². The molecule has 0 aromatic carbocycles. The van der Waals surface area contributed by atoms with Gasteiger partial charge in [-0.1, -0.05) is 25.2 Å². The van der Waals surface area contributed by atoms with E-state index < -0.39 is 26.9 Å². The van der Waals surface area contributed by atoms with Gasteiger partial charge in [0.2, 0.25) is 0 Å². The number of thiazole rings is 1. The number of aromatic nitrogens is 1. The SMILES string of the molecule is COC(=O)C(NS(=O)(=O)c1sc(=O)[nH]c1C)C(C)C. The van der Waals surface area contributed by atoms with E-state index in [4.69, 9.17) is 0 Å². The van der Waals surface area contributed by atoms with Gasteiger partial charge in [0.1, 0.15) is 6.04 Å². The van der Waals surface area contributed by atoms with Crippen LogP contribution in [0.15, 0.2) is 9.00 Å². The first-order chi connectivity index (χ1) is 8.69. The van der Waals surface area contributed by atoms with E-state index in [1.54, 1.807) is 13.8 Å². The molecular weight excluding hydrogens is 292 g/mol. The van der Waals surface area contributed by atoms with Crippen LogP contribution in [-0.4, -0.2) is 32.5 Å². The average molecular weight is 308 g/mol. The molecule has 0 radical (unpaired) electrons. The fourth-order valence-corrected chi connectivity index (χ4v) is 4.10. The molecule has 0 aliphatic rings. The van der Waals surface area contributed by atoms with Crippen molar-refractivity contribution in [2.45, 2.75) is 31.0 Å². The number of carbonyl (C=O) groups excluding carboxylic acids is 1. The molecule has 0 saturated heterocycles. The second-order valence-electron chi connectivity index (χ2n) is 4.29. The number of methoxy groups -OCH3 is 1. The number of ether oxygens (including phenoxy) is 1. The molecule has 1 unspecified atom stereocenters. The van der Waals surface area contributed by atoms with E-state index >= 15 is 0 Å². The minimum atomic E-state index is -3.93. The van der Waals surface area contributed by atoms with Crippen LogP contribution in [0.2, 0.25) is 0 Å². The molecule has 0 fully saturated rings. The Morgan fingerprint density at radius 2 is 2.00 bits per heavy atom. The van der Waals surface area contributed by atoms with Crippen LogP contribution in [0.3, 0.4) is 0 Å². The summed E-state index contributed by atoms with van der Waals surface area (Å²) >= 11 is 0.581. The van der Waals surface area contributed by atoms with Gasteiger partial charge >= 0.3 is 10.8 Å². The van der Waals surface area contributed by atoms with Crippen molar-refractivity contribution in [2.24, 2.45) is 5.92 Å². The highest BCUT2D eigenvalue weighted by molar-refractivity contribution is 7.91. The summed E-state index contributed by atoms with van der Waals surface area (Å²) in [6, 6.07) is -0.994. The lowest BCUT2D eigenvalue weighted by Crippen LogP contribution is -2.44. The molecule has 1 heterocycles. The number of aryl methyl sites for hydroxylation is 1. The number of aromatic amines is 1. The van der Waals surface area contributed by atoms with E-state index in [0.29, 0.717) is 11.3 Å². The fourth-order valence-electron chi connectivity index (χ4n) is 1.45. The summed E-state index contributed by atoms with van der Waals surface area (Å²) < 4.78 is 31.0. The van der Waals surface area contributed by atoms with Crippen LogP contribution in [0.1, 0.15) is 19.5 Å². The quantitative estimate of drug-likeness (QED) is 0.757. The highest BCUT2D eigenvalue weighted by Gasteiger charge is 2.31. The zero-order chi connectivity index (χ0) is 14.8. The first kappa shape index (κ1) is 15.9. The topological polar surface area (TPSA) is 105 Å². The number of hydrogen-bond donors (Lipinski definition) is 2. The van der Waals surface area contributed by atoms with E-state index in [1.807, 2.05) is 0 Å². The van der Waals surface area contributed by atoms with Crippen LogP contribution in [0.4, 0.5) is 0 Å². The predicted octanol–water partition coefficient (Wildman–Crippen LogP) is 0.221. The number of carbonyl (C=O) groups is 1. The minimum absolute atomic E-state index is 0.118. The van der Waals surface area contributed by atoms with Gasteiger partial charge in [-0.25, -0.2) is 8.42 Å². The van der Waals surface area contributed by atoms with Crippen LogP contribution < -0.4 is 9.60 Å². The van der Waals surface area contributed by atoms with Gasteiger partial charge in [0, 0.05) is 5.69 Å². The largest absolute Gasteiger partial charge is 0.468 e. The van der Waals surface area contributed by atoms with Gasteiger partial charge in [-0.15, -0.1) is 0 Å². The van der Waals surface area contributed by atoms with Crippen LogP contribution in [0.25, 0.3) is 0 Å². The van der Waals surface area contributed by atoms with E-state index in [9.17, 15) is 18.0 Å². The summed E-state index contributed by atoms with van der Waals surface area (Å²) in [4.78, 5) is 24.6. The molecule has 1 atom stereocenters. The Morgan fingerprint density at radius 3 is 2.37 bits per heavy atom. The van der Waals surface area contributed by atoms with Gasteiger partial charge in [0.05, 0.1) is 7.11 Å². The van der Waals surface area contributed by atoms with Crippen molar-refractivity contribution in [2.75, 3.05) is 7.11 Å². The molecule has 0 bridgehead atoms. The average Bonchev–Trinajstić information content (AvgIpc) is 2.65. The smallest absolute Gasteiger partial charge is 0.324 e. The van der Waals surface area contributed by atoms with Crippen LogP contribution in [0.5, 0.6) is 0 Å². The van der Waals surface area contributed by atoms with Gasteiger partial charge in [-0.3, -0.25) is 9.59 Å². The second kappa shape index (κ2) is 5.85. The van der Waals surface area contributed by atoms with Crippen molar-refractivity contribution in [3.8, 4) is 0 Å². The summed E-state index contributed by atoms with van der Waals surface area (Å²) in [5, 5.41) is 0. The van der Waals surface area contributed by atoms with Crippen LogP contribution in [-0.2, 0) is 19.6 Å². The molecular formula is C10H16N2O5S2. The third-order valence-electron chi connectivity index (χ3n) is 2.43. The third kappa shape index (κ3) is 3.64. The molecule has 108 valence electrons. The second-order valence-corrected chi connectivity index (χ2v) is 7.19. The molecule has 0 aliphatic heterocycles. The molecule has 7 nitrogen and oxygen atoms in total. The van der Waals surface area contributed by atoms with Crippen molar-refractivity contribution in [1.29, 1.82) is 0 Å². The Bertz CT molecular complexity index is 614. The molecule has 0 aliphatic carbocycles. The molecule has 19 heavy (non-hydrogen) atoms. The van der Waals surface area contributed by atoms with E-state index in [1.165, 1.54) is 14.0 Å². The monoisotopic (exact) mass is 308 g/mol. The van der Waals surface area contributed by atoms with Crippen molar-refractivity contribution in [3.05, 3.63) is 15.4 Å². The van der Waals surface area contributed by atoms with Crippen LogP contribution in [0, 0.1) is 12.8 Å². The fraction of sp³-hybridized carbons (Fsp3) is 0.600. The molecule has 9 heteroatoms. The zero-order valence-corrected chi connectivity index (χ0v) is 12.6. The lowest BCUT2D eigenvalue weighted by atomic mass is 10.1. The van der Waals surface area contributed by atoms with Gasteiger partial charge in [0.15, 0.2) is 4.21 Å². The first-order valence-corrected chi connectivity index (χ1v) is 7.79. The van der Waals surface area contributed by atoms with Crippen LogP contribution >= 0.6 is 11.3 Å². The number of esters is 1. The normalized spacial score (nSPS) is 13.5. The number of sulfonamides is 1. The lowest BCUT2D eigenvalue weighted by Gasteiger charge is -2.19. The number of H-pyrrole nitrogens is 1. The number of rotatable bonds is 5. The van der Waals surface area contributed by atoms with Crippen molar-refractivity contribution in [1.82, 2.24) is 9.71 Å². The predicted molar refractivity (Wildman–Crippen MR) is 70.6 cm³/mol. The molecule has 0 amide bonds. The Morgan fingerprint density at radius 1 is 1.42 bits per heavy atom. The Hall–Kier alpha value is -1.19. The van der Waals surface area contributed by atoms with Crippen molar-refractivity contribution in [3.63, 3.8) is 0 Å². The van der Waals surface area contributed by atoms with Gasteiger partial charge in [-0.05, 0) is 12.8 Å². The van der Waals surface area contributed by atoms with E-state index in [2.05, 4.69) is 14.4 Å². The van der Waals surface area contributed by atoms with Gasteiger partial charge in [-0.2, -0.15) is 4.72 Å². The Labute approximate surface area is 115 Å². The minimum Gasteiger partial charge on any atom is -0.468 e. The van der Waals surface area contributed by atoms with E-state index in [0.717, 1.165) is 0 Å². The Kier molecular flexibility index (Phi) is 4.88. The standard InChI is InChI=1S/C10H16N2O5S2/c1-5(2)7(8(13)17-4)12-19(15,16)9-6(3)11-10(14)18-9/h5,7,12H,1-4H3,(H,11,14). The highest BCUT2D eigenvalue weighted by atomic mass is 32.2. The maximum Gasteiger partial charge on any atom is 0.324 e. The van der Waals surface area contributed by atoms with Gasteiger partial charge < -0.3 is 9.72 Å².